The number of rotatable bonds is 6. The van der Waals surface area contributed by atoms with Crippen LogP contribution in [-0.4, -0.2) is 36.4 Å². The molecule has 2 aliphatic rings. The summed E-state index contributed by atoms with van der Waals surface area (Å²) >= 11 is 0. The van der Waals surface area contributed by atoms with Crippen LogP contribution in [0.4, 0.5) is 5.69 Å². The van der Waals surface area contributed by atoms with E-state index in [1.54, 1.807) is 24.3 Å². The van der Waals surface area contributed by atoms with E-state index >= 15 is 0 Å². The number of carbonyl (C=O) groups is 2. The van der Waals surface area contributed by atoms with Crippen molar-refractivity contribution in [3.05, 3.63) is 65.4 Å². The quantitative estimate of drug-likeness (QED) is 0.610. The van der Waals surface area contributed by atoms with Gasteiger partial charge < -0.3 is 9.64 Å². The Hall–Kier alpha value is -3.59. The summed E-state index contributed by atoms with van der Waals surface area (Å²) in [4.78, 5) is 30.7. The van der Waals surface area contributed by atoms with E-state index in [0.29, 0.717) is 46.5 Å². The Kier molecular flexibility index (Phi) is 6.50. The summed E-state index contributed by atoms with van der Waals surface area (Å²) in [6.07, 6.45) is 2.01. The molecule has 2 atom stereocenters. The number of likely N-dealkylation sites (tertiary alicyclic amines) is 1. The second kappa shape index (κ2) is 9.50. The highest BCUT2D eigenvalue weighted by Crippen LogP contribution is 2.37. The molecule has 2 aromatic rings. The van der Waals surface area contributed by atoms with Crippen LogP contribution in [0.25, 0.3) is 5.57 Å². The first-order valence-corrected chi connectivity index (χ1v) is 11.5. The molecule has 2 heterocycles. The van der Waals surface area contributed by atoms with Crippen LogP contribution in [0, 0.1) is 23.2 Å². The molecule has 1 saturated heterocycles. The first kappa shape index (κ1) is 22.6. The van der Waals surface area contributed by atoms with E-state index in [9.17, 15) is 9.59 Å². The summed E-state index contributed by atoms with van der Waals surface area (Å²) in [6, 6.07) is 16.0. The molecule has 1 fully saturated rings. The van der Waals surface area contributed by atoms with Crippen LogP contribution in [0.2, 0.25) is 0 Å². The van der Waals surface area contributed by atoms with E-state index in [1.807, 2.05) is 31.2 Å². The molecule has 0 radical (unpaired) electrons. The zero-order valence-electron chi connectivity index (χ0n) is 19.4. The number of amides is 2. The van der Waals surface area contributed by atoms with E-state index in [0.717, 1.165) is 31.7 Å². The molecule has 2 unspecified atom stereocenters. The van der Waals surface area contributed by atoms with Gasteiger partial charge in [0.05, 0.1) is 29.5 Å². The van der Waals surface area contributed by atoms with E-state index in [4.69, 9.17) is 10.00 Å². The van der Waals surface area contributed by atoms with E-state index in [-0.39, 0.29) is 11.8 Å². The van der Waals surface area contributed by atoms with E-state index in [2.05, 4.69) is 24.8 Å². The molecule has 2 amide bonds. The third-order valence-electron chi connectivity index (χ3n) is 6.11. The molecule has 0 N–H and O–H groups in total. The molecule has 0 bridgehead atoms. The topological polar surface area (TPSA) is 73.6 Å². The minimum Gasteiger partial charge on any atom is -0.494 e. The molecule has 170 valence electrons. The fourth-order valence-corrected chi connectivity index (χ4v) is 4.77. The minimum atomic E-state index is -0.340. The molecule has 0 aliphatic carbocycles. The number of benzene rings is 2. The fraction of sp³-hybridized carbons (Fsp3) is 0.370. The Morgan fingerprint density at radius 3 is 2.18 bits per heavy atom. The summed E-state index contributed by atoms with van der Waals surface area (Å²) in [5.41, 5.74) is 2.54. The van der Waals surface area contributed by atoms with E-state index < -0.39 is 0 Å². The minimum absolute atomic E-state index is 0.313. The second-order valence-electron chi connectivity index (χ2n) is 9.05. The van der Waals surface area contributed by atoms with Crippen LogP contribution in [-0.2, 0) is 9.59 Å². The Morgan fingerprint density at radius 2 is 1.61 bits per heavy atom. The maximum Gasteiger partial charge on any atom is 0.282 e. The average molecular weight is 444 g/mol. The van der Waals surface area contributed by atoms with Crippen LogP contribution in [0.3, 0.4) is 0 Å². The van der Waals surface area contributed by atoms with Crippen molar-refractivity contribution in [2.24, 2.45) is 11.8 Å². The fourth-order valence-electron chi connectivity index (χ4n) is 4.77. The molecule has 2 aliphatic heterocycles. The Balaban J connectivity index is 1.76. The molecule has 6 nitrogen and oxygen atoms in total. The largest absolute Gasteiger partial charge is 0.494 e. The van der Waals surface area contributed by atoms with Crippen LogP contribution in [0.5, 0.6) is 5.75 Å². The van der Waals surface area contributed by atoms with Crippen molar-refractivity contribution in [3.63, 3.8) is 0 Å². The Bertz CT molecular complexity index is 1100. The smallest absolute Gasteiger partial charge is 0.282 e. The van der Waals surface area contributed by atoms with Crippen LogP contribution < -0.4 is 9.64 Å². The van der Waals surface area contributed by atoms with Crippen molar-refractivity contribution in [1.29, 1.82) is 5.26 Å². The first-order chi connectivity index (χ1) is 15.9. The number of imide groups is 1. The maximum absolute atomic E-state index is 13.7. The number of ether oxygens (including phenoxy) is 1. The normalized spacial score (nSPS) is 20.9. The third kappa shape index (κ3) is 4.49. The zero-order chi connectivity index (χ0) is 23.5. The lowest BCUT2D eigenvalue weighted by atomic mass is 9.91. The molecule has 0 saturated carbocycles. The van der Waals surface area contributed by atoms with Crippen molar-refractivity contribution >= 4 is 23.1 Å². The highest BCUT2D eigenvalue weighted by atomic mass is 16.5. The number of nitriles is 1. The molecule has 33 heavy (non-hydrogen) atoms. The summed E-state index contributed by atoms with van der Waals surface area (Å²) in [6.45, 7) is 8.51. The maximum atomic E-state index is 13.7. The van der Waals surface area contributed by atoms with Gasteiger partial charge in [0.2, 0.25) is 0 Å². The first-order valence-electron chi connectivity index (χ1n) is 11.5. The van der Waals surface area contributed by atoms with Gasteiger partial charge >= 0.3 is 0 Å². The number of piperidine rings is 1. The van der Waals surface area contributed by atoms with Gasteiger partial charge in [-0.05, 0) is 66.6 Å². The van der Waals surface area contributed by atoms with Gasteiger partial charge in [-0.2, -0.15) is 5.26 Å². The molecule has 0 spiro atoms. The average Bonchev–Trinajstić information content (AvgIpc) is 3.07. The Morgan fingerprint density at radius 1 is 0.970 bits per heavy atom. The van der Waals surface area contributed by atoms with Crippen molar-refractivity contribution in [3.8, 4) is 11.8 Å². The summed E-state index contributed by atoms with van der Waals surface area (Å²) in [7, 11) is 0. The number of hydrogen-bond donors (Lipinski definition) is 0. The summed E-state index contributed by atoms with van der Waals surface area (Å²) in [5, 5.41) is 9.10. The zero-order valence-corrected chi connectivity index (χ0v) is 19.4. The van der Waals surface area contributed by atoms with Gasteiger partial charge in [0.1, 0.15) is 11.4 Å². The van der Waals surface area contributed by atoms with Gasteiger partial charge in [-0.3, -0.25) is 9.59 Å². The number of hydrogen-bond acceptors (Lipinski definition) is 5. The summed E-state index contributed by atoms with van der Waals surface area (Å²) in [5.74, 6) is 0.946. The lowest BCUT2D eigenvalue weighted by Crippen LogP contribution is -2.42. The van der Waals surface area contributed by atoms with Crippen molar-refractivity contribution in [1.82, 2.24) is 4.90 Å². The number of nitrogens with zero attached hydrogens (tertiary/aromatic N) is 3. The van der Waals surface area contributed by atoms with Gasteiger partial charge in [0, 0.05) is 13.1 Å². The molecule has 2 aromatic carbocycles. The van der Waals surface area contributed by atoms with Crippen LogP contribution in [0.1, 0.15) is 44.7 Å². The SMILES string of the molecule is CCCOc1ccc(C2=C(N3CC(C)CC(C)C3)C(=O)N(c3ccc(C#N)cc3)C2=O)cc1. The number of carbonyl (C=O) groups excluding carboxylic acids is 2. The third-order valence-corrected chi connectivity index (χ3v) is 6.11. The molecule has 4 rings (SSSR count). The lowest BCUT2D eigenvalue weighted by molar-refractivity contribution is -0.120. The van der Waals surface area contributed by atoms with Gasteiger partial charge in [0.25, 0.3) is 11.8 Å². The van der Waals surface area contributed by atoms with Crippen molar-refractivity contribution in [2.75, 3.05) is 24.6 Å². The Labute approximate surface area is 195 Å². The molecule has 6 heteroatoms. The van der Waals surface area contributed by atoms with Gasteiger partial charge in [-0.15, -0.1) is 0 Å². The van der Waals surface area contributed by atoms with Crippen LogP contribution >= 0.6 is 0 Å². The lowest BCUT2D eigenvalue weighted by Gasteiger charge is -2.37. The second-order valence-corrected chi connectivity index (χ2v) is 9.05. The van der Waals surface area contributed by atoms with Crippen LogP contribution in [0.15, 0.2) is 54.2 Å². The highest BCUT2D eigenvalue weighted by molar-refractivity contribution is 6.45. The summed E-state index contributed by atoms with van der Waals surface area (Å²) < 4.78 is 5.69. The van der Waals surface area contributed by atoms with Crippen molar-refractivity contribution in [2.45, 2.75) is 33.6 Å². The molecular weight excluding hydrogens is 414 g/mol. The molecule has 0 aromatic heterocycles. The highest BCUT2D eigenvalue weighted by Gasteiger charge is 2.43. The van der Waals surface area contributed by atoms with Gasteiger partial charge in [-0.25, -0.2) is 4.90 Å². The van der Waals surface area contributed by atoms with Gasteiger partial charge in [-0.1, -0.05) is 32.9 Å². The van der Waals surface area contributed by atoms with E-state index in [1.165, 1.54) is 4.90 Å². The van der Waals surface area contributed by atoms with Gasteiger partial charge in [0.15, 0.2) is 0 Å². The van der Waals surface area contributed by atoms with Crippen molar-refractivity contribution < 1.29 is 14.3 Å². The number of anilines is 1. The predicted molar refractivity (Wildman–Crippen MR) is 127 cm³/mol. The predicted octanol–water partition coefficient (Wildman–Crippen LogP) is 4.61. The standard InChI is InChI=1S/C27H29N3O3/c1-4-13-33-23-11-7-21(8-12-23)24-25(29-16-18(2)14-19(3)17-29)27(32)30(26(24)31)22-9-5-20(15-28)6-10-22/h5-12,18-19H,4,13-14,16-17H2,1-3H3. The molecular formula is C27H29N3O3. The monoisotopic (exact) mass is 443 g/mol.